The third-order valence-electron chi connectivity index (χ3n) is 18.5. The smallest absolute Gasteiger partial charge is 0.462 e. The van der Waals surface area contributed by atoms with Crippen LogP contribution in [-0.4, -0.2) is 96.7 Å². The van der Waals surface area contributed by atoms with E-state index in [1.807, 2.05) is 0 Å². The summed E-state index contributed by atoms with van der Waals surface area (Å²) in [6.45, 7) is 14.2. The van der Waals surface area contributed by atoms with E-state index in [0.29, 0.717) is 31.6 Å². The van der Waals surface area contributed by atoms with E-state index < -0.39 is 97.5 Å². The van der Waals surface area contributed by atoms with Gasteiger partial charge in [0.25, 0.3) is 0 Å². The first-order valence-corrected chi connectivity index (χ1v) is 42.8. The lowest BCUT2D eigenvalue weighted by Gasteiger charge is -2.21. The first kappa shape index (κ1) is 94.1. The van der Waals surface area contributed by atoms with E-state index >= 15 is 0 Å². The number of aliphatic hydroxyl groups is 1. The summed E-state index contributed by atoms with van der Waals surface area (Å²) in [6, 6.07) is 0. The zero-order valence-corrected chi connectivity index (χ0v) is 64.8. The lowest BCUT2D eigenvalue weighted by Crippen LogP contribution is -2.30. The van der Waals surface area contributed by atoms with E-state index in [1.165, 1.54) is 180 Å². The summed E-state index contributed by atoms with van der Waals surface area (Å²) < 4.78 is 68.5. The summed E-state index contributed by atoms with van der Waals surface area (Å²) in [5, 5.41) is 10.6. The molecule has 0 aliphatic carbocycles. The number of carbonyl (C=O) groups is 4. The summed E-state index contributed by atoms with van der Waals surface area (Å²) >= 11 is 0. The number of aliphatic hydroxyl groups excluding tert-OH is 1. The highest BCUT2D eigenvalue weighted by Gasteiger charge is 2.30. The minimum atomic E-state index is -4.96. The zero-order chi connectivity index (χ0) is 71.0. The standard InChI is InChI=1S/C77H150O17P2/c1-9-69(7)55-47-39-31-25-21-17-15-13-11-12-14-16-18-22-26-32-43-51-59-76(81)94-73(64-88-75(80)58-50-42-36-35-40-48-56-70(8)10-2)66-92-96(85,86)90-62-71(78)61-89-95(83,84)91-65-72(63-87-74(79)57-49-41-34-28-30-38-46-54-68(5)6)93-77(82)60-52-44-33-27-23-19-20-24-29-37-45-53-67(3)4/h67-73,78H,9-66H2,1-8H3,(H,83,84)(H,85,86)/t69?,70?,71?,72-,73-/m1/s1. The Morgan fingerprint density at radius 2 is 0.500 bits per heavy atom. The molecule has 7 atom stereocenters. The SMILES string of the molecule is CCC(C)CCCCCCCCCCCCCCCCCCCCC(=O)O[C@H](COC(=O)CCCCCCCCC(C)CC)COP(=O)(O)OCC(O)COP(=O)(O)OC[C@@H](COC(=O)CCCCCCCCCC(C)C)OC(=O)CCCCCCCCCCCCCC(C)C. The van der Waals surface area contributed by atoms with Crippen molar-refractivity contribution in [1.29, 1.82) is 0 Å². The van der Waals surface area contributed by atoms with Gasteiger partial charge in [0.15, 0.2) is 12.2 Å². The molecule has 0 saturated carbocycles. The number of rotatable bonds is 74. The minimum absolute atomic E-state index is 0.105. The molecule has 17 nitrogen and oxygen atoms in total. The van der Waals surface area contributed by atoms with Crippen molar-refractivity contribution in [2.45, 2.75) is 408 Å². The van der Waals surface area contributed by atoms with Crippen LogP contribution in [0.4, 0.5) is 0 Å². The van der Waals surface area contributed by atoms with E-state index in [0.717, 1.165) is 120 Å². The van der Waals surface area contributed by atoms with Crippen molar-refractivity contribution < 1.29 is 80.2 Å². The van der Waals surface area contributed by atoms with Crippen molar-refractivity contribution in [3.63, 3.8) is 0 Å². The Balaban J connectivity index is 5.17. The van der Waals surface area contributed by atoms with Gasteiger partial charge in [-0.3, -0.25) is 37.3 Å². The second-order valence-corrected chi connectivity index (χ2v) is 32.1. The summed E-state index contributed by atoms with van der Waals surface area (Å²) in [5.41, 5.74) is 0. The van der Waals surface area contributed by atoms with E-state index in [1.54, 1.807) is 0 Å². The highest BCUT2D eigenvalue weighted by molar-refractivity contribution is 7.47. The molecule has 0 heterocycles. The van der Waals surface area contributed by atoms with Gasteiger partial charge in [-0.25, -0.2) is 9.13 Å². The first-order valence-electron chi connectivity index (χ1n) is 39.8. The predicted octanol–water partition coefficient (Wildman–Crippen LogP) is 22.4. The Morgan fingerprint density at radius 3 is 0.740 bits per heavy atom. The van der Waals surface area contributed by atoms with Crippen LogP contribution in [0.5, 0.6) is 0 Å². The van der Waals surface area contributed by atoms with Crippen LogP contribution in [-0.2, 0) is 65.4 Å². The fraction of sp³-hybridized carbons (Fsp3) is 0.948. The number of phosphoric ester groups is 2. The van der Waals surface area contributed by atoms with Crippen LogP contribution in [0.2, 0.25) is 0 Å². The Kier molecular flexibility index (Phi) is 65.0. The van der Waals surface area contributed by atoms with Crippen LogP contribution >= 0.6 is 15.6 Å². The highest BCUT2D eigenvalue weighted by Crippen LogP contribution is 2.45. The molecule has 0 aliphatic rings. The fourth-order valence-electron chi connectivity index (χ4n) is 11.7. The number of phosphoric acid groups is 2. The quantitative estimate of drug-likeness (QED) is 0.0222. The third kappa shape index (κ3) is 67.9. The number of hydrogen-bond donors (Lipinski definition) is 3. The Labute approximate surface area is 588 Å². The molecule has 0 amide bonds. The average molecular weight is 1410 g/mol. The molecule has 0 saturated heterocycles. The molecule has 0 aliphatic heterocycles. The second kappa shape index (κ2) is 66.3. The predicted molar refractivity (Wildman–Crippen MR) is 391 cm³/mol. The van der Waals surface area contributed by atoms with Crippen molar-refractivity contribution in [3.8, 4) is 0 Å². The Hall–Kier alpha value is -1.94. The summed E-state index contributed by atoms with van der Waals surface area (Å²) in [4.78, 5) is 72.8. The van der Waals surface area contributed by atoms with Crippen LogP contribution in [0.25, 0.3) is 0 Å². The normalized spacial score (nSPS) is 14.7. The molecule has 96 heavy (non-hydrogen) atoms. The molecular weight excluding hydrogens is 1260 g/mol. The summed E-state index contributed by atoms with van der Waals surface area (Å²) in [7, 11) is -9.91. The first-order chi connectivity index (χ1) is 46.2. The van der Waals surface area contributed by atoms with Gasteiger partial charge in [0.1, 0.15) is 19.3 Å². The molecule has 0 aromatic carbocycles. The maximum atomic E-state index is 13.1. The van der Waals surface area contributed by atoms with Gasteiger partial charge < -0.3 is 33.8 Å². The van der Waals surface area contributed by atoms with Gasteiger partial charge in [0.2, 0.25) is 0 Å². The van der Waals surface area contributed by atoms with Crippen LogP contribution in [0, 0.1) is 23.7 Å². The minimum Gasteiger partial charge on any atom is -0.462 e. The molecule has 0 radical (unpaired) electrons. The number of hydrogen-bond acceptors (Lipinski definition) is 15. The van der Waals surface area contributed by atoms with Crippen molar-refractivity contribution >= 4 is 39.5 Å². The van der Waals surface area contributed by atoms with E-state index in [-0.39, 0.29) is 25.7 Å². The van der Waals surface area contributed by atoms with Gasteiger partial charge in [-0.1, -0.05) is 338 Å². The largest absolute Gasteiger partial charge is 0.472 e. The van der Waals surface area contributed by atoms with Gasteiger partial charge in [-0.15, -0.1) is 0 Å². The van der Waals surface area contributed by atoms with Gasteiger partial charge in [0.05, 0.1) is 26.4 Å². The zero-order valence-electron chi connectivity index (χ0n) is 63.0. The van der Waals surface area contributed by atoms with E-state index in [2.05, 4.69) is 55.4 Å². The number of esters is 4. The van der Waals surface area contributed by atoms with E-state index in [4.69, 9.17) is 37.0 Å². The third-order valence-corrected chi connectivity index (χ3v) is 20.4. The van der Waals surface area contributed by atoms with Gasteiger partial charge in [-0.2, -0.15) is 0 Å². The Morgan fingerprint density at radius 1 is 0.292 bits per heavy atom. The van der Waals surface area contributed by atoms with Crippen molar-refractivity contribution in [3.05, 3.63) is 0 Å². The molecule has 0 rings (SSSR count). The molecule has 0 spiro atoms. The molecule has 5 unspecified atom stereocenters. The van der Waals surface area contributed by atoms with Crippen molar-refractivity contribution in [1.82, 2.24) is 0 Å². The lowest BCUT2D eigenvalue weighted by atomic mass is 9.99. The highest BCUT2D eigenvalue weighted by atomic mass is 31.2. The number of ether oxygens (including phenoxy) is 4. The average Bonchev–Trinajstić information content (AvgIpc) is 1.08. The second-order valence-electron chi connectivity index (χ2n) is 29.2. The van der Waals surface area contributed by atoms with Crippen molar-refractivity contribution in [2.24, 2.45) is 23.7 Å². The summed E-state index contributed by atoms with van der Waals surface area (Å²) in [5.74, 6) is 0.949. The van der Waals surface area contributed by atoms with E-state index in [9.17, 15) is 43.2 Å². The molecule has 0 aromatic rings. The van der Waals surface area contributed by atoms with Crippen LogP contribution in [0.1, 0.15) is 389 Å². The molecule has 570 valence electrons. The molecule has 3 N–H and O–H groups in total. The number of carbonyl (C=O) groups excluding carboxylic acids is 4. The summed E-state index contributed by atoms with van der Waals surface area (Å²) in [6.07, 6.45) is 51.5. The lowest BCUT2D eigenvalue weighted by molar-refractivity contribution is -0.161. The maximum absolute atomic E-state index is 13.1. The van der Waals surface area contributed by atoms with Gasteiger partial charge in [-0.05, 0) is 49.4 Å². The maximum Gasteiger partial charge on any atom is 0.472 e. The Bertz CT molecular complexity index is 1890. The van der Waals surface area contributed by atoms with Gasteiger partial charge in [0, 0.05) is 25.7 Å². The molecule has 0 bridgehead atoms. The molecule has 0 fully saturated rings. The fourth-order valence-corrected chi connectivity index (χ4v) is 13.2. The monoisotopic (exact) mass is 1410 g/mol. The topological polar surface area (TPSA) is 237 Å². The molecular formula is C77H150O17P2. The molecule has 19 heteroatoms. The number of unbranched alkanes of at least 4 members (excludes halogenated alkanes) is 38. The van der Waals surface area contributed by atoms with Crippen LogP contribution in [0.3, 0.4) is 0 Å². The van der Waals surface area contributed by atoms with Gasteiger partial charge >= 0.3 is 39.5 Å². The molecule has 0 aromatic heterocycles. The van der Waals surface area contributed by atoms with Crippen LogP contribution < -0.4 is 0 Å². The van der Waals surface area contributed by atoms with Crippen LogP contribution in [0.15, 0.2) is 0 Å². The van der Waals surface area contributed by atoms with Crippen molar-refractivity contribution in [2.75, 3.05) is 39.6 Å².